The number of nitrogens with one attached hydrogen (secondary N) is 1. The van der Waals surface area contributed by atoms with Crippen molar-refractivity contribution in [2.45, 2.75) is 25.3 Å². The molecule has 0 spiro atoms. The first-order valence-corrected chi connectivity index (χ1v) is 7.94. The molecule has 1 aliphatic heterocycles. The molecule has 0 aromatic rings. The van der Waals surface area contributed by atoms with E-state index in [2.05, 4.69) is 4.72 Å². The van der Waals surface area contributed by atoms with Crippen molar-refractivity contribution >= 4 is 16.2 Å². The lowest BCUT2D eigenvalue weighted by atomic mass is 9.99. The molecule has 1 unspecified atom stereocenters. The molecular weight excluding hydrogens is 288 g/mol. The van der Waals surface area contributed by atoms with Gasteiger partial charge in [-0.2, -0.15) is 17.4 Å². The van der Waals surface area contributed by atoms with Crippen molar-refractivity contribution in [3.8, 4) is 0 Å². The van der Waals surface area contributed by atoms with Crippen molar-refractivity contribution in [2.24, 2.45) is 5.92 Å². The molecule has 0 radical (unpaired) electrons. The summed E-state index contributed by atoms with van der Waals surface area (Å²) in [6.07, 6.45) is 0.884. The predicted molar refractivity (Wildman–Crippen MR) is 71.4 cm³/mol. The smallest absolute Gasteiger partial charge is 0.306 e. The monoisotopic (exact) mass is 310 g/mol. The van der Waals surface area contributed by atoms with E-state index in [0.29, 0.717) is 12.8 Å². The molecule has 1 heterocycles. The zero-order valence-corrected chi connectivity index (χ0v) is 12.3. The molecule has 9 heteroatoms. The number of carbonyl (C=O) groups is 1. The van der Waals surface area contributed by atoms with E-state index in [1.54, 1.807) is 0 Å². The van der Waals surface area contributed by atoms with Gasteiger partial charge in [0, 0.05) is 32.8 Å². The molecule has 118 valence electrons. The van der Waals surface area contributed by atoms with Crippen LogP contribution >= 0.6 is 0 Å². The molecule has 0 aromatic carbocycles. The highest BCUT2D eigenvalue weighted by molar-refractivity contribution is 7.87. The van der Waals surface area contributed by atoms with Crippen LogP contribution in [0.25, 0.3) is 0 Å². The molecule has 8 nitrogen and oxygen atoms in total. The molecular formula is C11H22N2O6S. The van der Waals surface area contributed by atoms with Gasteiger partial charge in [-0.25, -0.2) is 0 Å². The highest BCUT2D eigenvalue weighted by atomic mass is 32.2. The van der Waals surface area contributed by atoms with Gasteiger partial charge in [-0.3, -0.25) is 4.79 Å². The van der Waals surface area contributed by atoms with E-state index < -0.39 is 28.1 Å². The molecule has 1 rings (SSSR count). The number of aliphatic carboxylic acids is 1. The maximum atomic E-state index is 12.2. The maximum Gasteiger partial charge on any atom is 0.306 e. The standard InChI is InChI=1S/C11H22N2O6S/c1-19-8-10(4-7-14)12-20(17,18)13-5-2-9(3-6-13)11(15)16/h9-10,12,14H,2-8H2,1H3,(H,15,16). The van der Waals surface area contributed by atoms with Crippen LogP contribution in [-0.4, -0.2) is 68.4 Å². The largest absolute Gasteiger partial charge is 0.481 e. The van der Waals surface area contributed by atoms with Gasteiger partial charge in [0.1, 0.15) is 0 Å². The van der Waals surface area contributed by atoms with Crippen molar-refractivity contribution in [1.29, 1.82) is 0 Å². The number of carboxylic acids is 1. The van der Waals surface area contributed by atoms with Crippen LogP contribution in [0.3, 0.4) is 0 Å². The van der Waals surface area contributed by atoms with E-state index in [4.69, 9.17) is 14.9 Å². The molecule has 1 saturated heterocycles. The van der Waals surface area contributed by atoms with Crippen LogP contribution in [0.1, 0.15) is 19.3 Å². The van der Waals surface area contributed by atoms with Crippen LogP contribution in [-0.2, 0) is 19.7 Å². The summed E-state index contributed by atoms with van der Waals surface area (Å²) >= 11 is 0. The lowest BCUT2D eigenvalue weighted by molar-refractivity contribution is -0.142. The summed E-state index contributed by atoms with van der Waals surface area (Å²) in [6.45, 7) is 0.402. The van der Waals surface area contributed by atoms with E-state index in [0.717, 1.165) is 0 Å². The van der Waals surface area contributed by atoms with Crippen molar-refractivity contribution in [3.63, 3.8) is 0 Å². The lowest BCUT2D eigenvalue weighted by Gasteiger charge is -2.30. The van der Waals surface area contributed by atoms with E-state index in [1.807, 2.05) is 0 Å². The van der Waals surface area contributed by atoms with Crippen LogP contribution in [0.15, 0.2) is 0 Å². The van der Waals surface area contributed by atoms with Gasteiger partial charge in [0.05, 0.1) is 12.5 Å². The third kappa shape index (κ3) is 4.98. The second-order valence-corrected chi connectivity index (χ2v) is 6.50. The van der Waals surface area contributed by atoms with Crippen LogP contribution < -0.4 is 4.72 Å². The summed E-state index contributed by atoms with van der Waals surface area (Å²) < 4.78 is 32.9. The number of aliphatic hydroxyl groups is 1. The zero-order valence-electron chi connectivity index (χ0n) is 11.5. The van der Waals surface area contributed by atoms with Gasteiger partial charge in [-0.15, -0.1) is 0 Å². The Morgan fingerprint density at radius 3 is 2.50 bits per heavy atom. The minimum Gasteiger partial charge on any atom is -0.481 e. The minimum atomic E-state index is -3.68. The maximum absolute atomic E-state index is 12.2. The Morgan fingerprint density at radius 2 is 2.05 bits per heavy atom. The Labute approximate surface area is 118 Å². The van der Waals surface area contributed by atoms with Gasteiger partial charge in [0.15, 0.2) is 0 Å². The first-order chi connectivity index (χ1) is 9.40. The van der Waals surface area contributed by atoms with Gasteiger partial charge in [-0.1, -0.05) is 0 Å². The molecule has 1 atom stereocenters. The third-order valence-corrected chi connectivity index (χ3v) is 4.98. The number of nitrogens with zero attached hydrogens (tertiary/aromatic N) is 1. The molecule has 3 N–H and O–H groups in total. The number of ether oxygens (including phenoxy) is 1. The number of piperidine rings is 1. The lowest BCUT2D eigenvalue weighted by Crippen LogP contribution is -2.50. The average Bonchev–Trinajstić information content (AvgIpc) is 2.39. The van der Waals surface area contributed by atoms with Gasteiger partial charge >= 0.3 is 5.97 Å². The van der Waals surface area contributed by atoms with Crippen molar-refractivity contribution in [2.75, 3.05) is 33.4 Å². The molecule has 1 aliphatic rings. The Bertz CT molecular complexity index is 399. The van der Waals surface area contributed by atoms with Crippen molar-refractivity contribution in [3.05, 3.63) is 0 Å². The first kappa shape index (κ1) is 17.3. The van der Waals surface area contributed by atoms with E-state index in [9.17, 15) is 13.2 Å². The molecule has 20 heavy (non-hydrogen) atoms. The zero-order chi connectivity index (χ0) is 15.2. The van der Waals surface area contributed by atoms with E-state index in [1.165, 1.54) is 11.4 Å². The van der Waals surface area contributed by atoms with Gasteiger partial charge < -0.3 is 14.9 Å². The summed E-state index contributed by atoms with van der Waals surface area (Å²) in [4.78, 5) is 10.8. The average molecular weight is 310 g/mol. The minimum absolute atomic E-state index is 0.141. The summed E-state index contributed by atoms with van der Waals surface area (Å²) in [5.74, 6) is -1.36. The first-order valence-electron chi connectivity index (χ1n) is 6.50. The van der Waals surface area contributed by atoms with E-state index in [-0.39, 0.29) is 32.7 Å². The fourth-order valence-electron chi connectivity index (χ4n) is 2.16. The van der Waals surface area contributed by atoms with Crippen molar-refractivity contribution in [1.82, 2.24) is 9.03 Å². The van der Waals surface area contributed by atoms with Crippen LogP contribution in [0.5, 0.6) is 0 Å². The predicted octanol–water partition coefficient (Wildman–Crippen LogP) is -0.985. The number of rotatable bonds is 8. The highest BCUT2D eigenvalue weighted by Gasteiger charge is 2.32. The summed E-state index contributed by atoms with van der Waals surface area (Å²) in [7, 11) is -2.22. The number of aliphatic hydroxyl groups excluding tert-OH is 1. The van der Waals surface area contributed by atoms with Gasteiger partial charge in [-0.05, 0) is 19.3 Å². The molecule has 0 aromatic heterocycles. The number of hydrogen-bond donors (Lipinski definition) is 3. The quantitative estimate of drug-likeness (QED) is 0.530. The fraction of sp³-hybridized carbons (Fsp3) is 0.909. The SMILES string of the molecule is COCC(CCO)NS(=O)(=O)N1CCC(C(=O)O)CC1. The summed E-state index contributed by atoms with van der Waals surface area (Å²) in [6, 6.07) is -0.493. The summed E-state index contributed by atoms with van der Waals surface area (Å²) in [5, 5.41) is 17.8. The van der Waals surface area contributed by atoms with E-state index >= 15 is 0 Å². The normalized spacial score (nSPS) is 19.9. The van der Waals surface area contributed by atoms with Crippen LogP contribution in [0.4, 0.5) is 0 Å². The van der Waals surface area contributed by atoms with Gasteiger partial charge in [0.2, 0.25) is 0 Å². The fourth-order valence-corrected chi connectivity index (χ4v) is 3.61. The number of methoxy groups -OCH3 is 1. The van der Waals surface area contributed by atoms with Crippen LogP contribution in [0, 0.1) is 5.92 Å². The number of hydrogen-bond acceptors (Lipinski definition) is 5. The molecule has 0 saturated carbocycles. The molecule has 0 bridgehead atoms. The van der Waals surface area contributed by atoms with Gasteiger partial charge in [0.25, 0.3) is 10.2 Å². The number of carboxylic acid groups (broad SMARTS) is 1. The van der Waals surface area contributed by atoms with Crippen LogP contribution in [0.2, 0.25) is 0 Å². The Kier molecular flexibility index (Phi) is 6.83. The Hall–Kier alpha value is -0.740. The Balaban J connectivity index is 2.58. The third-order valence-electron chi connectivity index (χ3n) is 3.30. The molecule has 0 amide bonds. The summed E-state index contributed by atoms with van der Waals surface area (Å²) in [5.41, 5.74) is 0. The second kappa shape index (κ2) is 7.89. The molecule has 0 aliphatic carbocycles. The Morgan fingerprint density at radius 1 is 1.45 bits per heavy atom. The highest BCUT2D eigenvalue weighted by Crippen LogP contribution is 2.19. The molecule has 1 fully saturated rings. The van der Waals surface area contributed by atoms with Crippen molar-refractivity contribution < 1.29 is 28.2 Å². The topological polar surface area (TPSA) is 116 Å². The second-order valence-electron chi connectivity index (χ2n) is 4.80.